The van der Waals surface area contributed by atoms with Gasteiger partial charge in [0, 0.05) is 6.20 Å². The molecule has 0 spiro atoms. The van der Waals surface area contributed by atoms with E-state index in [0.29, 0.717) is 0 Å². The van der Waals surface area contributed by atoms with Crippen molar-refractivity contribution in [2.75, 3.05) is 0 Å². The van der Waals surface area contributed by atoms with Crippen molar-refractivity contribution in [3.05, 3.63) is 59.9 Å². The maximum Gasteiger partial charge on any atom is 0.110 e. The van der Waals surface area contributed by atoms with Crippen molar-refractivity contribution in [3.8, 4) is 0 Å². The molecule has 0 saturated carbocycles. The zero-order valence-corrected chi connectivity index (χ0v) is 9.15. The third-order valence-corrected chi connectivity index (χ3v) is 2.78. The Kier molecular flexibility index (Phi) is 2.69. The second-order valence-electron chi connectivity index (χ2n) is 3.48. The number of aromatic nitrogens is 2. The van der Waals surface area contributed by atoms with Gasteiger partial charge in [0.2, 0.25) is 0 Å². The fourth-order valence-corrected chi connectivity index (χ4v) is 1.68. The molecule has 1 aromatic heterocycles. The molecule has 2 nitrogen and oxygen atoms in total. The summed E-state index contributed by atoms with van der Waals surface area (Å²) in [6.07, 6.45) is 1.64. The number of nitrogens with zero attached hydrogens (tertiary/aromatic N) is 2. The molecular weight excluding hydrogens is 208 g/mol. The molecule has 1 heterocycles. The Morgan fingerprint density at radius 2 is 1.80 bits per heavy atom. The highest BCUT2D eigenvalue weighted by atomic mass is 35.5. The molecular formula is C12H11ClN2. The van der Waals surface area contributed by atoms with Gasteiger partial charge in [0.15, 0.2) is 0 Å². The molecule has 0 radical (unpaired) electrons. The van der Waals surface area contributed by atoms with E-state index in [1.54, 1.807) is 6.20 Å². The maximum absolute atomic E-state index is 6.48. The van der Waals surface area contributed by atoms with Crippen LogP contribution in [0.1, 0.15) is 18.2 Å². The Balaban J connectivity index is 2.44. The van der Waals surface area contributed by atoms with Crippen LogP contribution in [-0.4, -0.2) is 10.2 Å². The van der Waals surface area contributed by atoms with Gasteiger partial charge in [-0.05, 0) is 24.6 Å². The second-order valence-corrected chi connectivity index (χ2v) is 4.23. The lowest BCUT2D eigenvalue weighted by atomic mass is 9.97. The predicted molar refractivity (Wildman–Crippen MR) is 60.8 cm³/mol. The fraction of sp³-hybridized carbons (Fsp3) is 0.167. The molecule has 0 bridgehead atoms. The van der Waals surface area contributed by atoms with Crippen LogP contribution < -0.4 is 0 Å². The van der Waals surface area contributed by atoms with Crippen LogP contribution in [0.4, 0.5) is 0 Å². The number of hydrogen-bond donors (Lipinski definition) is 0. The molecule has 0 saturated heterocycles. The summed E-state index contributed by atoms with van der Waals surface area (Å²) in [5, 5.41) is 7.89. The minimum absolute atomic E-state index is 0.616. The number of alkyl halides is 1. The van der Waals surface area contributed by atoms with Gasteiger partial charge in [-0.25, -0.2) is 0 Å². The number of hydrogen-bond acceptors (Lipinski definition) is 2. The van der Waals surface area contributed by atoms with Gasteiger partial charge in [-0.1, -0.05) is 30.3 Å². The van der Waals surface area contributed by atoms with Crippen molar-refractivity contribution in [3.63, 3.8) is 0 Å². The number of halogens is 1. The van der Waals surface area contributed by atoms with Crippen LogP contribution in [0.2, 0.25) is 0 Å². The topological polar surface area (TPSA) is 25.8 Å². The largest absolute Gasteiger partial charge is 0.159 e. The van der Waals surface area contributed by atoms with Gasteiger partial charge in [-0.3, -0.25) is 0 Å². The van der Waals surface area contributed by atoms with E-state index in [2.05, 4.69) is 10.2 Å². The van der Waals surface area contributed by atoms with E-state index in [-0.39, 0.29) is 0 Å². The lowest BCUT2D eigenvalue weighted by Crippen LogP contribution is -2.17. The lowest BCUT2D eigenvalue weighted by molar-refractivity contribution is 0.752. The van der Waals surface area contributed by atoms with E-state index < -0.39 is 4.87 Å². The summed E-state index contributed by atoms with van der Waals surface area (Å²) < 4.78 is 0. The van der Waals surface area contributed by atoms with Crippen molar-refractivity contribution in [1.29, 1.82) is 0 Å². The van der Waals surface area contributed by atoms with E-state index in [9.17, 15) is 0 Å². The van der Waals surface area contributed by atoms with Crippen LogP contribution >= 0.6 is 11.6 Å². The standard InChI is InChI=1S/C12H11ClN2/c1-12(13,10-6-3-2-4-7-10)11-8-5-9-14-15-11/h2-9H,1H3. The number of rotatable bonds is 2. The first-order valence-electron chi connectivity index (χ1n) is 4.74. The van der Waals surface area contributed by atoms with Crippen molar-refractivity contribution in [2.45, 2.75) is 11.8 Å². The first-order valence-corrected chi connectivity index (χ1v) is 5.11. The number of benzene rings is 1. The highest BCUT2D eigenvalue weighted by Gasteiger charge is 2.27. The maximum atomic E-state index is 6.48. The summed E-state index contributed by atoms with van der Waals surface area (Å²) in [6.45, 7) is 1.92. The van der Waals surface area contributed by atoms with Crippen LogP contribution in [-0.2, 0) is 4.87 Å². The second kappa shape index (κ2) is 3.99. The Bertz CT molecular complexity index is 384. The van der Waals surface area contributed by atoms with E-state index in [1.165, 1.54) is 0 Å². The minimum atomic E-state index is -0.616. The van der Waals surface area contributed by atoms with Crippen molar-refractivity contribution >= 4 is 11.6 Å². The fourth-order valence-electron chi connectivity index (χ4n) is 1.45. The van der Waals surface area contributed by atoms with Crippen LogP contribution in [0.25, 0.3) is 0 Å². The van der Waals surface area contributed by atoms with Crippen LogP contribution in [0.5, 0.6) is 0 Å². The summed E-state index contributed by atoms with van der Waals surface area (Å²) in [6, 6.07) is 13.6. The molecule has 1 atom stereocenters. The van der Waals surface area contributed by atoms with Gasteiger partial charge in [0.25, 0.3) is 0 Å². The molecule has 0 aliphatic rings. The molecule has 76 valence electrons. The first-order chi connectivity index (χ1) is 7.21. The summed E-state index contributed by atoms with van der Waals surface area (Å²) in [5.41, 5.74) is 1.78. The molecule has 2 aromatic rings. The average molecular weight is 219 g/mol. The third kappa shape index (κ3) is 2.00. The van der Waals surface area contributed by atoms with Gasteiger partial charge >= 0.3 is 0 Å². The molecule has 3 heteroatoms. The summed E-state index contributed by atoms with van der Waals surface area (Å²) in [4.78, 5) is -0.616. The van der Waals surface area contributed by atoms with Crippen LogP contribution in [0.3, 0.4) is 0 Å². The highest BCUT2D eigenvalue weighted by molar-refractivity contribution is 6.25. The van der Waals surface area contributed by atoms with Crippen molar-refractivity contribution in [1.82, 2.24) is 10.2 Å². The van der Waals surface area contributed by atoms with Crippen molar-refractivity contribution in [2.24, 2.45) is 0 Å². The molecule has 1 aromatic carbocycles. The molecule has 1 unspecified atom stereocenters. The quantitative estimate of drug-likeness (QED) is 0.725. The van der Waals surface area contributed by atoms with Gasteiger partial charge in [-0.15, -0.1) is 11.6 Å². The Morgan fingerprint density at radius 3 is 2.40 bits per heavy atom. The van der Waals surface area contributed by atoms with E-state index in [1.807, 2.05) is 49.4 Å². The summed E-state index contributed by atoms with van der Waals surface area (Å²) in [7, 11) is 0. The Hall–Kier alpha value is -1.41. The Morgan fingerprint density at radius 1 is 1.07 bits per heavy atom. The van der Waals surface area contributed by atoms with Crippen LogP contribution in [0.15, 0.2) is 48.7 Å². The van der Waals surface area contributed by atoms with Crippen LogP contribution in [0, 0.1) is 0 Å². The SMILES string of the molecule is CC(Cl)(c1ccccc1)c1cccnn1. The molecule has 0 amide bonds. The third-order valence-electron chi connectivity index (χ3n) is 2.37. The average Bonchev–Trinajstić information content (AvgIpc) is 2.31. The highest BCUT2D eigenvalue weighted by Crippen LogP contribution is 2.33. The zero-order valence-electron chi connectivity index (χ0n) is 8.39. The van der Waals surface area contributed by atoms with Crippen molar-refractivity contribution < 1.29 is 0 Å². The van der Waals surface area contributed by atoms with E-state index in [4.69, 9.17) is 11.6 Å². The summed E-state index contributed by atoms with van der Waals surface area (Å²) >= 11 is 6.48. The monoisotopic (exact) mass is 218 g/mol. The summed E-state index contributed by atoms with van der Waals surface area (Å²) in [5.74, 6) is 0. The molecule has 15 heavy (non-hydrogen) atoms. The van der Waals surface area contributed by atoms with Gasteiger partial charge in [-0.2, -0.15) is 10.2 Å². The molecule has 0 N–H and O–H groups in total. The lowest BCUT2D eigenvalue weighted by Gasteiger charge is -2.20. The minimum Gasteiger partial charge on any atom is -0.159 e. The molecule has 2 rings (SSSR count). The van der Waals surface area contributed by atoms with Gasteiger partial charge in [0.1, 0.15) is 4.87 Å². The van der Waals surface area contributed by atoms with E-state index in [0.717, 1.165) is 11.3 Å². The van der Waals surface area contributed by atoms with Gasteiger partial charge in [0.05, 0.1) is 5.69 Å². The molecule has 0 aliphatic heterocycles. The smallest absolute Gasteiger partial charge is 0.110 e. The zero-order chi connectivity index (χ0) is 10.7. The normalized spacial score (nSPS) is 14.5. The molecule has 0 fully saturated rings. The predicted octanol–water partition coefficient (Wildman–Crippen LogP) is 2.98. The molecule has 0 aliphatic carbocycles. The first kappa shape index (κ1) is 10.1. The van der Waals surface area contributed by atoms with E-state index >= 15 is 0 Å². The Labute approximate surface area is 93.9 Å². The van der Waals surface area contributed by atoms with Gasteiger partial charge < -0.3 is 0 Å².